The SMILES string of the molecule is CC(C)OP(=O)(CC1C/C1=C/n1cnc2c(Cl)nc(N)nc21)OC(C)C. The van der Waals surface area contributed by atoms with Crippen molar-refractivity contribution in [1.82, 2.24) is 19.5 Å². The number of aromatic nitrogens is 4. The molecular formula is C16H23ClN5O3P. The molecule has 0 radical (unpaired) electrons. The van der Waals surface area contributed by atoms with Crippen molar-refractivity contribution in [2.75, 3.05) is 11.9 Å². The number of hydrogen-bond donors (Lipinski definition) is 1. The lowest BCUT2D eigenvalue weighted by Crippen LogP contribution is -2.11. The fraction of sp³-hybridized carbons (Fsp3) is 0.562. The lowest BCUT2D eigenvalue weighted by Gasteiger charge is -2.22. The van der Waals surface area contributed by atoms with E-state index in [4.69, 9.17) is 26.4 Å². The van der Waals surface area contributed by atoms with Crippen molar-refractivity contribution in [3.63, 3.8) is 0 Å². The van der Waals surface area contributed by atoms with Crippen LogP contribution in [0, 0.1) is 5.92 Å². The lowest BCUT2D eigenvalue weighted by atomic mass is 10.4. The zero-order chi connectivity index (χ0) is 19.1. The first-order valence-electron chi connectivity index (χ1n) is 8.49. The van der Waals surface area contributed by atoms with Crippen molar-refractivity contribution >= 4 is 42.5 Å². The van der Waals surface area contributed by atoms with Gasteiger partial charge in [0.1, 0.15) is 11.8 Å². The summed E-state index contributed by atoms with van der Waals surface area (Å²) in [6, 6.07) is 0. The van der Waals surface area contributed by atoms with Gasteiger partial charge >= 0.3 is 7.60 Å². The van der Waals surface area contributed by atoms with Gasteiger partial charge in [0.2, 0.25) is 5.95 Å². The average Bonchev–Trinajstić information content (AvgIpc) is 3.04. The number of hydrogen-bond acceptors (Lipinski definition) is 7. The standard InChI is InChI=1S/C16H23ClN5O3P/c1-9(2)24-26(23,25-10(3)4)7-12-5-11(12)6-22-8-19-13-14(17)20-16(18)21-15(13)22/h6,8-10,12H,5,7H2,1-4H3,(H2,18,20,21)/b11-6-. The molecule has 0 amide bonds. The van der Waals surface area contributed by atoms with Gasteiger partial charge in [0.15, 0.2) is 10.8 Å². The van der Waals surface area contributed by atoms with Crippen molar-refractivity contribution in [1.29, 1.82) is 0 Å². The van der Waals surface area contributed by atoms with E-state index in [0.29, 0.717) is 17.3 Å². The fourth-order valence-corrected chi connectivity index (χ4v) is 5.39. The Kier molecular flexibility index (Phi) is 5.40. The summed E-state index contributed by atoms with van der Waals surface area (Å²) in [7, 11) is -3.15. The molecule has 0 spiro atoms. The maximum atomic E-state index is 13.0. The van der Waals surface area contributed by atoms with Crippen LogP contribution in [0.4, 0.5) is 5.95 Å². The summed E-state index contributed by atoms with van der Waals surface area (Å²) in [6.07, 6.45) is 4.38. The van der Waals surface area contributed by atoms with Crippen molar-refractivity contribution < 1.29 is 13.6 Å². The van der Waals surface area contributed by atoms with E-state index < -0.39 is 7.60 Å². The quantitative estimate of drug-likeness (QED) is 0.554. The van der Waals surface area contributed by atoms with Gasteiger partial charge < -0.3 is 14.8 Å². The molecule has 26 heavy (non-hydrogen) atoms. The summed E-state index contributed by atoms with van der Waals surface area (Å²) >= 11 is 6.04. The van der Waals surface area contributed by atoms with Crippen LogP contribution in [0.2, 0.25) is 5.15 Å². The van der Waals surface area contributed by atoms with Gasteiger partial charge in [0.25, 0.3) is 0 Å². The molecule has 1 aliphatic rings. The molecule has 2 N–H and O–H groups in total. The molecule has 1 unspecified atom stereocenters. The third-order valence-corrected chi connectivity index (χ3v) is 6.37. The molecule has 0 aromatic carbocycles. The molecule has 0 saturated heterocycles. The van der Waals surface area contributed by atoms with Gasteiger partial charge in [-0.2, -0.15) is 9.97 Å². The van der Waals surface area contributed by atoms with Crippen molar-refractivity contribution in [2.24, 2.45) is 5.92 Å². The van der Waals surface area contributed by atoms with Crippen LogP contribution in [0.25, 0.3) is 17.4 Å². The number of rotatable bonds is 7. The Morgan fingerprint density at radius 3 is 2.62 bits per heavy atom. The van der Waals surface area contributed by atoms with Crippen LogP contribution in [-0.2, 0) is 13.6 Å². The largest absolute Gasteiger partial charge is 0.368 e. The predicted octanol–water partition coefficient (Wildman–Crippen LogP) is 3.97. The number of nitrogens with zero attached hydrogens (tertiary/aromatic N) is 4. The summed E-state index contributed by atoms with van der Waals surface area (Å²) in [4.78, 5) is 12.3. The summed E-state index contributed by atoms with van der Waals surface area (Å²) in [5, 5.41) is 0.220. The Labute approximate surface area is 157 Å². The highest BCUT2D eigenvalue weighted by Gasteiger charge is 2.40. The van der Waals surface area contributed by atoms with Gasteiger partial charge in [0.05, 0.1) is 18.4 Å². The number of allylic oxidation sites excluding steroid dienone is 1. The lowest BCUT2D eigenvalue weighted by molar-refractivity contribution is 0.142. The van der Waals surface area contributed by atoms with Gasteiger partial charge in [-0.25, -0.2) is 4.98 Å². The molecule has 2 heterocycles. The summed E-state index contributed by atoms with van der Waals surface area (Å²) < 4.78 is 26.0. The molecule has 1 saturated carbocycles. The van der Waals surface area contributed by atoms with Crippen molar-refractivity contribution in [2.45, 2.75) is 46.3 Å². The number of fused-ring (bicyclic) bond motifs is 1. The number of anilines is 1. The van der Waals surface area contributed by atoms with Crippen molar-refractivity contribution in [3.8, 4) is 0 Å². The predicted molar refractivity (Wildman–Crippen MR) is 102 cm³/mol. The van der Waals surface area contributed by atoms with Crippen LogP contribution in [-0.4, -0.2) is 37.9 Å². The van der Waals surface area contributed by atoms with Crippen LogP contribution >= 0.6 is 19.2 Å². The minimum absolute atomic E-state index is 0.0927. The van der Waals surface area contributed by atoms with Crippen molar-refractivity contribution in [3.05, 3.63) is 17.1 Å². The maximum absolute atomic E-state index is 13.0. The van der Waals surface area contributed by atoms with Gasteiger partial charge in [0, 0.05) is 6.20 Å². The second-order valence-electron chi connectivity index (χ2n) is 6.90. The molecule has 0 aliphatic heterocycles. The third kappa shape index (κ3) is 4.43. The molecule has 3 rings (SSSR count). The smallest absolute Gasteiger partial charge is 0.331 e. The highest BCUT2D eigenvalue weighted by atomic mass is 35.5. The van der Waals surface area contributed by atoms with Gasteiger partial charge in [-0.1, -0.05) is 11.6 Å². The number of halogens is 1. The van der Waals surface area contributed by atoms with E-state index in [0.717, 1.165) is 12.0 Å². The Bertz CT molecular complexity index is 881. The summed E-state index contributed by atoms with van der Waals surface area (Å²) in [6.45, 7) is 7.41. The summed E-state index contributed by atoms with van der Waals surface area (Å²) in [5.74, 6) is 0.237. The fourth-order valence-electron chi connectivity index (χ4n) is 2.76. The first kappa shape index (κ1) is 19.3. The molecule has 2 aromatic heterocycles. The number of nitrogens with two attached hydrogens (primary N) is 1. The van der Waals surface area contributed by atoms with Gasteiger partial charge in [-0.05, 0) is 45.6 Å². The second-order valence-corrected chi connectivity index (χ2v) is 9.27. The Morgan fingerprint density at radius 1 is 1.35 bits per heavy atom. The van der Waals surface area contributed by atoms with Gasteiger partial charge in [-0.3, -0.25) is 9.13 Å². The minimum Gasteiger partial charge on any atom is -0.368 e. The molecule has 10 heteroatoms. The maximum Gasteiger partial charge on any atom is 0.331 e. The van der Waals surface area contributed by atoms with Crippen LogP contribution in [0.15, 0.2) is 11.9 Å². The second kappa shape index (κ2) is 7.27. The van der Waals surface area contributed by atoms with Crippen LogP contribution < -0.4 is 5.73 Å². The van der Waals surface area contributed by atoms with Crippen LogP contribution in [0.3, 0.4) is 0 Å². The van der Waals surface area contributed by atoms with Gasteiger partial charge in [-0.15, -0.1) is 0 Å². The molecule has 8 nitrogen and oxygen atoms in total. The van der Waals surface area contributed by atoms with E-state index in [1.165, 1.54) is 0 Å². The molecule has 1 aliphatic carbocycles. The first-order chi connectivity index (χ1) is 12.2. The van der Waals surface area contributed by atoms with E-state index >= 15 is 0 Å². The topological polar surface area (TPSA) is 105 Å². The molecule has 2 aromatic rings. The highest BCUT2D eigenvalue weighted by Crippen LogP contribution is 2.57. The first-order valence-corrected chi connectivity index (χ1v) is 10.6. The third-order valence-electron chi connectivity index (χ3n) is 3.73. The normalized spacial score (nSPS) is 19.2. The Balaban J connectivity index is 1.78. The van der Waals surface area contributed by atoms with E-state index in [2.05, 4.69) is 15.0 Å². The number of imidazole rings is 1. The molecule has 0 bridgehead atoms. The van der Waals surface area contributed by atoms with Crippen LogP contribution in [0.1, 0.15) is 34.1 Å². The molecular weight excluding hydrogens is 377 g/mol. The summed E-state index contributed by atoms with van der Waals surface area (Å²) in [5.41, 5.74) is 7.82. The average molecular weight is 400 g/mol. The number of nitrogen functional groups attached to an aromatic ring is 1. The zero-order valence-electron chi connectivity index (χ0n) is 15.2. The Hall–Kier alpha value is -1.47. The van der Waals surface area contributed by atoms with E-state index in [9.17, 15) is 4.57 Å². The van der Waals surface area contributed by atoms with E-state index in [-0.39, 0.29) is 29.2 Å². The molecule has 1 fully saturated rings. The zero-order valence-corrected chi connectivity index (χ0v) is 16.9. The Morgan fingerprint density at radius 2 is 2.00 bits per heavy atom. The minimum atomic E-state index is -3.15. The molecule has 142 valence electrons. The van der Waals surface area contributed by atoms with E-state index in [1.807, 2.05) is 33.9 Å². The van der Waals surface area contributed by atoms with E-state index in [1.54, 1.807) is 10.9 Å². The van der Waals surface area contributed by atoms with Crippen LogP contribution in [0.5, 0.6) is 0 Å². The molecule has 1 atom stereocenters. The monoisotopic (exact) mass is 399 g/mol. The highest BCUT2D eigenvalue weighted by molar-refractivity contribution is 7.53.